The number of nitrogens with zero attached hydrogens (tertiary/aromatic N) is 4. The van der Waals surface area contributed by atoms with Crippen LogP contribution in [0.3, 0.4) is 0 Å². The van der Waals surface area contributed by atoms with E-state index in [0.29, 0.717) is 22.6 Å². The van der Waals surface area contributed by atoms with Crippen LogP contribution in [0.15, 0.2) is 122 Å². The van der Waals surface area contributed by atoms with Gasteiger partial charge in [0.2, 0.25) is 0 Å². The van der Waals surface area contributed by atoms with E-state index in [9.17, 15) is 18.7 Å². The van der Waals surface area contributed by atoms with Crippen molar-refractivity contribution in [2.45, 2.75) is 39.3 Å². The van der Waals surface area contributed by atoms with E-state index in [0.717, 1.165) is 0 Å². The molecule has 5 rings (SSSR count). The smallest absolute Gasteiger partial charge is 0.357 e. The first kappa shape index (κ1) is 43.9. The fourth-order valence-electron chi connectivity index (χ4n) is 6.28. The van der Waals surface area contributed by atoms with Gasteiger partial charge in [-0.05, 0) is 112 Å². The highest BCUT2D eigenvalue weighted by molar-refractivity contribution is 7.54. The summed E-state index contributed by atoms with van der Waals surface area (Å²) in [5.74, 6) is -2.31. The number of amides is 2. The lowest BCUT2D eigenvalue weighted by Crippen LogP contribution is -2.37. The third-order valence-electron chi connectivity index (χ3n) is 8.76. The van der Waals surface area contributed by atoms with Crippen molar-refractivity contribution >= 4 is 38.6 Å². The molecule has 2 unspecified atom stereocenters. The minimum absolute atomic E-state index is 0.0365. The van der Waals surface area contributed by atoms with Crippen LogP contribution in [0.25, 0.3) is 0 Å². The fourth-order valence-corrected chi connectivity index (χ4v) is 10.5. The molecule has 0 radical (unpaired) electrons. The number of benzene rings is 3. The zero-order valence-corrected chi connectivity index (χ0v) is 35.1. The summed E-state index contributed by atoms with van der Waals surface area (Å²) in [4.78, 5) is 41.2. The van der Waals surface area contributed by atoms with E-state index >= 15 is 0 Å². The molecule has 2 heterocycles. The first-order valence-electron chi connectivity index (χ1n) is 18.7. The van der Waals surface area contributed by atoms with E-state index in [2.05, 4.69) is 9.97 Å². The Balaban J connectivity index is 1.64. The monoisotopic (exact) mass is 830 g/mol. The van der Waals surface area contributed by atoms with E-state index in [1.54, 1.807) is 113 Å². The third-order valence-corrected chi connectivity index (χ3v) is 13.5. The standard InChI is InChI=1S/C42H48N4O10P2/c1-7-53-57(49,54-8-2)41(33-21-25-35(51-5)26-22-33)45(37-15-11-13-29-43-37)39(47)31-17-19-32(20-18-31)40(48)46(38-16-12-14-30-44-38)42(58(50,55-9-3)56-10-4)34-23-27-36(52-6)28-24-34/h11-30,41-42H,7-10H2,1-6H3. The zero-order chi connectivity index (χ0) is 41.7. The van der Waals surface area contributed by atoms with Gasteiger partial charge in [0.1, 0.15) is 23.1 Å². The minimum Gasteiger partial charge on any atom is -0.497 e. The van der Waals surface area contributed by atoms with Gasteiger partial charge in [0.05, 0.1) is 40.6 Å². The van der Waals surface area contributed by atoms with E-state index in [1.165, 1.54) is 60.7 Å². The molecule has 2 amide bonds. The number of pyridine rings is 2. The second kappa shape index (κ2) is 20.5. The van der Waals surface area contributed by atoms with Crippen molar-refractivity contribution in [3.8, 4) is 11.5 Å². The van der Waals surface area contributed by atoms with Gasteiger partial charge in [0.25, 0.3) is 11.8 Å². The first-order valence-corrected chi connectivity index (χ1v) is 21.9. The molecule has 306 valence electrons. The van der Waals surface area contributed by atoms with Crippen molar-refractivity contribution in [1.82, 2.24) is 9.97 Å². The maximum Gasteiger partial charge on any atom is 0.357 e. The number of ether oxygens (including phenoxy) is 2. The molecule has 0 aliphatic rings. The molecule has 2 atom stereocenters. The largest absolute Gasteiger partial charge is 0.497 e. The van der Waals surface area contributed by atoms with Gasteiger partial charge in [-0.2, -0.15) is 0 Å². The summed E-state index contributed by atoms with van der Waals surface area (Å²) in [5.41, 5.74) is 1.15. The number of carbonyl (C=O) groups is 2. The molecule has 14 nitrogen and oxygen atoms in total. The Morgan fingerprint density at radius 1 is 0.517 bits per heavy atom. The van der Waals surface area contributed by atoms with Gasteiger partial charge < -0.3 is 27.6 Å². The fraction of sp³-hybridized carbons (Fsp3) is 0.286. The van der Waals surface area contributed by atoms with Crippen LogP contribution in [0.2, 0.25) is 0 Å². The molecule has 0 spiro atoms. The third kappa shape index (κ3) is 9.90. The summed E-state index contributed by atoms with van der Waals surface area (Å²) >= 11 is 0. The number of carbonyl (C=O) groups excluding carboxylic acids is 2. The zero-order valence-electron chi connectivity index (χ0n) is 33.3. The van der Waals surface area contributed by atoms with Crippen molar-refractivity contribution < 1.29 is 46.3 Å². The van der Waals surface area contributed by atoms with E-state index in [4.69, 9.17) is 27.6 Å². The molecular weight excluding hydrogens is 782 g/mol. The molecule has 0 fully saturated rings. The quantitative estimate of drug-likeness (QED) is 0.0686. The number of rotatable bonds is 20. The lowest BCUT2D eigenvalue weighted by Gasteiger charge is -2.36. The Morgan fingerprint density at radius 3 is 1.10 bits per heavy atom. The highest BCUT2D eigenvalue weighted by atomic mass is 31.2. The molecule has 2 aromatic heterocycles. The summed E-state index contributed by atoms with van der Waals surface area (Å²) < 4.78 is 63.7. The SMILES string of the molecule is CCOP(=O)(OCC)C(c1ccc(OC)cc1)N(C(=O)c1ccc(C(=O)N(c2ccccn2)C(c2ccc(OC)cc2)P(=O)(OCC)OCC)cc1)c1ccccn1. The lowest BCUT2D eigenvalue weighted by molar-refractivity contribution is 0.0965. The Kier molecular flexibility index (Phi) is 15.5. The van der Waals surface area contributed by atoms with Gasteiger partial charge >= 0.3 is 15.2 Å². The molecule has 0 aliphatic heterocycles. The van der Waals surface area contributed by atoms with Crippen LogP contribution in [0.5, 0.6) is 11.5 Å². The van der Waals surface area contributed by atoms with Crippen LogP contribution < -0.4 is 19.3 Å². The summed E-state index contributed by atoms with van der Waals surface area (Å²) in [5, 5.41) is 0. The Bertz CT molecular complexity index is 2000. The van der Waals surface area contributed by atoms with Crippen molar-refractivity contribution in [2.75, 3.05) is 50.4 Å². The number of hydrogen-bond acceptors (Lipinski definition) is 12. The average molecular weight is 831 g/mol. The molecule has 0 aliphatic carbocycles. The van der Waals surface area contributed by atoms with Crippen LogP contribution in [0.1, 0.15) is 71.1 Å². The minimum atomic E-state index is -4.12. The average Bonchev–Trinajstić information content (AvgIpc) is 3.25. The molecular formula is C42H48N4O10P2. The number of anilines is 2. The summed E-state index contributed by atoms with van der Waals surface area (Å²) in [6, 6.07) is 29.5. The van der Waals surface area contributed by atoms with Gasteiger partial charge in [-0.15, -0.1) is 0 Å². The summed E-state index contributed by atoms with van der Waals surface area (Å²) in [6.07, 6.45) is 3.03. The molecule has 0 saturated heterocycles. The second-order valence-corrected chi connectivity index (χ2v) is 16.5. The van der Waals surface area contributed by atoms with Crippen LogP contribution in [0, 0.1) is 0 Å². The van der Waals surface area contributed by atoms with Crippen molar-refractivity contribution in [2.24, 2.45) is 0 Å². The van der Waals surface area contributed by atoms with Crippen LogP contribution in [0.4, 0.5) is 11.6 Å². The van der Waals surface area contributed by atoms with Crippen molar-refractivity contribution in [1.29, 1.82) is 0 Å². The topological polar surface area (TPSA) is 156 Å². The second-order valence-electron chi connectivity index (χ2n) is 12.3. The van der Waals surface area contributed by atoms with Gasteiger partial charge in [-0.1, -0.05) is 36.4 Å². The maximum absolute atomic E-state index is 14.8. The predicted molar refractivity (Wildman–Crippen MR) is 222 cm³/mol. The summed E-state index contributed by atoms with van der Waals surface area (Å²) in [6.45, 7) is 6.90. The number of aromatic nitrogens is 2. The van der Waals surface area contributed by atoms with Gasteiger partial charge in [-0.3, -0.25) is 28.5 Å². The number of methoxy groups -OCH3 is 2. The van der Waals surface area contributed by atoms with Crippen molar-refractivity contribution in [3.05, 3.63) is 144 Å². The van der Waals surface area contributed by atoms with Gasteiger partial charge in [-0.25, -0.2) is 9.97 Å². The van der Waals surface area contributed by atoms with E-state index in [-0.39, 0.29) is 49.2 Å². The maximum atomic E-state index is 14.8. The highest BCUT2D eigenvalue weighted by Gasteiger charge is 2.46. The molecule has 0 saturated carbocycles. The van der Waals surface area contributed by atoms with E-state index < -0.39 is 38.6 Å². The van der Waals surface area contributed by atoms with Gasteiger partial charge in [0.15, 0.2) is 11.6 Å². The lowest BCUT2D eigenvalue weighted by atomic mass is 10.1. The Labute approximate surface area is 339 Å². The molecule has 0 N–H and O–H groups in total. The van der Waals surface area contributed by atoms with E-state index in [1.807, 2.05) is 0 Å². The Hall–Kier alpha value is -5.20. The molecule has 0 bridgehead atoms. The molecule has 16 heteroatoms. The molecule has 3 aromatic carbocycles. The molecule has 5 aromatic rings. The van der Waals surface area contributed by atoms with Crippen LogP contribution in [-0.4, -0.2) is 62.4 Å². The van der Waals surface area contributed by atoms with Crippen LogP contribution in [-0.2, 0) is 27.2 Å². The Morgan fingerprint density at radius 2 is 0.845 bits per heavy atom. The van der Waals surface area contributed by atoms with Gasteiger partial charge in [0, 0.05) is 23.5 Å². The predicted octanol–water partition coefficient (Wildman–Crippen LogP) is 9.72. The van der Waals surface area contributed by atoms with Crippen LogP contribution >= 0.6 is 15.2 Å². The normalized spacial score (nSPS) is 12.7. The number of hydrogen-bond donors (Lipinski definition) is 0. The molecule has 58 heavy (non-hydrogen) atoms. The summed E-state index contributed by atoms with van der Waals surface area (Å²) in [7, 11) is -5.18. The first-order chi connectivity index (χ1) is 28.1. The van der Waals surface area contributed by atoms with Crippen molar-refractivity contribution in [3.63, 3.8) is 0 Å². The highest BCUT2D eigenvalue weighted by Crippen LogP contribution is 2.64.